The van der Waals surface area contributed by atoms with E-state index in [4.69, 9.17) is 4.74 Å². The zero-order chi connectivity index (χ0) is 27.0. The molecule has 1 aromatic heterocycles. The third kappa shape index (κ3) is 5.04. The molecule has 5 rings (SSSR count). The Morgan fingerprint density at radius 3 is 2.43 bits per heavy atom. The number of rotatable bonds is 6. The number of methoxy groups -OCH3 is 1. The van der Waals surface area contributed by atoms with Crippen LogP contribution in [0.5, 0.6) is 0 Å². The number of Topliss-reactive ketones (excluding diaryl/α,β-unsaturated/α-hetero) is 1. The highest BCUT2D eigenvalue weighted by atomic mass is 16.5. The molecular weight excluding hydrogens is 462 g/mol. The molecule has 0 radical (unpaired) electrons. The van der Waals surface area contributed by atoms with Gasteiger partial charge < -0.3 is 9.64 Å². The molecule has 4 fully saturated rings. The van der Waals surface area contributed by atoms with Crippen molar-refractivity contribution in [3.05, 3.63) is 18.0 Å². The summed E-state index contributed by atoms with van der Waals surface area (Å²) in [5.74, 6) is 4.22. The first kappa shape index (κ1) is 28.3. The van der Waals surface area contributed by atoms with Crippen molar-refractivity contribution < 1.29 is 14.3 Å². The molecule has 4 saturated carbocycles. The summed E-state index contributed by atoms with van der Waals surface area (Å²) in [7, 11) is 5.32. The molecule has 0 N–H and O–H groups in total. The number of carbonyl (C=O) groups is 2. The predicted octanol–water partition coefficient (Wildman–Crippen LogP) is 6.10. The first-order valence-corrected chi connectivity index (χ1v) is 14.9. The monoisotopic (exact) mass is 513 g/mol. The Hall–Kier alpha value is -1.69. The molecule has 0 bridgehead atoms. The molecule has 8 atom stereocenters. The van der Waals surface area contributed by atoms with Crippen LogP contribution in [0.25, 0.3) is 0 Å². The Kier molecular flexibility index (Phi) is 8.57. The van der Waals surface area contributed by atoms with Crippen LogP contribution in [0.4, 0.5) is 0 Å². The minimum Gasteiger partial charge on any atom is -0.384 e. The Balaban J connectivity index is 0.00000156. The summed E-state index contributed by atoms with van der Waals surface area (Å²) < 4.78 is 7.19. The predicted molar refractivity (Wildman–Crippen MR) is 147 cm³/mol. The summed E-state index contributed by atoms with van der Waals surface area (Å²) in [5.41, 5.74) is 1.13. The van der Waals surface area contributed by atoms with E-state index in [9.17, 15) is 9.59 Å². The van der Waals surface area contributed by atoms with E-state index in [1.54, 1.807) is 36.1 Å². The maximum Gasteiger partial charge on any atom is 0.256 e. The van der Waals surface area contributed by atoms with Gasteiger partial charge in [-0.05, 0) is 98.2 Å². The molecule has 4 aliphatic rings. The van der Waals surface area contributed by atoms with E-state index in [1.165, 1.54) is 51.4 Å². The van der Waals surface area contributed by atoms with Gasteiger partial charge in [-0.25, -0.2) is 0 Å². The molecule has 8 unspecified atom stereocenters. The quantitative estimate of drug-likeness (QED) is 0.461. The second-order valence-corrected chi connectivity index (χ2v) is 13.0. The molecule has 6 heteroatoms. The third-order valence-electron chi connectivity index (χ3n) is 11.2. The molecule has 37 heavy (non-hydrogen) atoms. The zero-order valence-corrected chi connectivity index (χ0v) is 24.5. The van der Waals surface area contributed by atoms with Crippen molar-refractivity contribution in [3.8, 4) is 0 Å². The molecule has 1 heterocycles. The second-order valence-electron chi connectivity index (χ2n) is 13.0. The maximum atomic E-state index is 13.6. The van der Waals surface area contributed by atoms with Crippen LogP contribution >= 0.6 is 0 Å². The summed E-state index contributed by atoms with van der Waals surface area (Å²) >= 11 is 0. The highest BCUT2D eigenvalue weighted by Gasteiger charge is 2.61. The number of amides is 1. The van der Waals surface area contributed by atoms with Gasteiger partial charge in [0.05, 0.1) is 18.3 Å². The first-order chi connectivity index (χ1) is 17.7. The smallest absolute Gasteiger partial charge is 0.256 e. The highest BCUT2D eigenvalue weighted by Crippen LogP contribution is 2.67. The fraction of sp³-hybridized carbons (Fsp3) is 0.839. The second kappa shape index (κ2) is 11.2. The lowest BCUT2D eigenvalue weighted by Gasteiger charge is -2.61. The molecule has 0 aromatic carbocycles. The number of fused-ring (bicyclic) bond motifs is 5. The van der Waals surface area contributed by atoms with Gasteiger partial charge in [0.1, 0.15) is 0 Å². The van der Waals surface area contributed by atoms with Crippen LogP contribution in [0.3, 0.4) is 0 Å². The van der Waals surface area contributed by atoms with Crippen LogP contribution in [0.15, 0.2) is 12.4 Å². The van der Waals surface area contributed by atoms with Crippen molar-refractivity contribution in [1.82, 2.24) is 14.7 Å². The van der Waals surface area contributed by atoms with Crippen LogP contribution in [0, 0.1) is 46.3 Å². The fourth-order valence-electron chi connectivity index (χ4n) is 9.35. The Morgan fingerprint density at radius 2 is 1.73 bits per heavy atom. The first-order valence-electron chi connectivity index (χ1n) is 14.9. The van der Waals surface area contributed by atoms with Crippen LogP contribution in [-0.2, 0) is 16.1 Å². The number of ether oxygens (including phenoxy) is 1. The van der Waals surface area contributed by atoms with Gasteiger partial charge in [-0.1, -0.05) is 27.7 Å². The average Bonchev–Trinajstić information content (AvgIpc) is 3.49. The summed E-state index contributed by atoms with van der Waals surface area (Å²) in [6, 6.07) is 0. The molecule has 1 aromatic rings. The van der Waals surface area contributed by atoms with Gasteiger partial charge in [-0.3, -0.25) is 14.3 Å². The fourth-order valence-corrected chi connectivity index (χ4v) is 9.35. The van der Waals surface area contributed by atoms with E-state index in [2.05, 4.69) is 18.9 Å². The molecular formula is C31H51N3O3. The average molecular weight is 514 g/mol. The molecule has 0 spiro atoms. The summed E-state index contributed by atoms with van der Waals surface area (Å²) in [4.78, 5) is 27.3. The number of carbonyl (C=O) groups excluding carboxylic acids is 2. The lowest BCUT2D eigenvalue weighted by atomic mass is 9.44. The van der Waals surface area contributed by atoms with E-state index < -0.39 is 0 Å². The number of ketones is 1. The van der Waals surface area contributed by atoms with E-state index in [-0.39, 0.29) is 23.8 Å². The Morgan fingerprint density at radius 1 is 1.03 bits per heavy atom. The molecule has 1 amide bonds. The topological polar surface area (TPSA) is 64.4 Å². The van der Waals surface area contributed by atoms with Crippen molar-refractivity contribution in [1.29, 1.82) is 0 Å². The summed E-state index contributed by atoms with van der Waals surface area (Å²) in [5, 5.41) is 4.34. The van der Waals surface area contributed by atoms with E-state index in [0.717, 1.165) is 36.7 Å². The van der Waals surface area contributed by atoms with E-state index >= 15 is 0 Å². The number of hydrogen-bond donors (Lipinski definition) is 0. The van der Waals surface area contributed by atoms with Crippen molar-refractivity contribution >= 4 is 11.7 Å². The summed E-state index contributed by atoms with van der Waals surface area (Å²) in [6.07, 6.45) is 14.7. The van der Waals surface area contributed by atoms with Gasteiger partial charge >= 0.3 is 0 Å². The SMILES string of the molecule is CC.COCC1CCC2(C)C(CCC3C2CCC2(C)C(C(=O)Cn4cc(C(=O)N(C)C)cn4)CCC32)C1. The minimum absolute atomic E-state index is 0.0738. The maximum absolute atomic E-state index is 13.6. The molecule has 0 aliphatic heterocycles. The molecule has 0 saturated heterocycles. The van der Waals surface area contributed by atoms with Crippen molar-refractivity contribution in [2.24, 2.45) is 46.3 Å². The van der Waals surface area contributed by atoms with E-state index in [0.29, 0.717) is 22.7 Å². The normalized spacial score (nSPS) is 38.5. The Bertz CT molecular complexity index is 957. The van der Waals surface area contributed by atoms with Gasteiger partial charge in [-0.15, -0.1) is 0 Å². The lowest BCUT2D eigenvalue weighted by molar-refractivity contribution is -0.138. The third-order valence-corrected chi connectivity index (χ3v) is 11.2. The van der Waals surface area contributed by atoms with Gasteiger partial charge in [0.25, 0.3) is 5.91 Å². The standard InChI is InChI=1S/C29H45N3O3.C2H6/c1-28-12-10-19(18-35-5)14-21(28)6-7-22-23-8-9-25(29(23,2)13-11-24(22)28)26(33)17-32-16-20(15-30-32)27(34)31(3)4;1-2/h15-16,19,21-25H,6-14,17-18H2,1-5H3;1-2H3. The van der Waals surface area contributed by atoms with Crippen molar-refractivity contribution in [2.75, 3.05) is 27.8 Å². The van der Waals surface area contributed by atoms with E-state index in [1.807, 2.05) is 21.0 Å². The van der Waals surface area contributed by atoms with Crippen molar-refractivity contribution in [3.63, 3.8) is 0 Å². The molecule has 208 valence electrons. The number of aromatic nitrogens is 2. The lowest BCUT2D eigenvalue weighted by Crippen LogP contribution is -2.54. The van der Waals surface area contributed by atoms with Crippen LogP contribution in [0.2, 0.25) is 0 Å². The Labute approximate surface area is 224 Å². The van der Waals surface area contributed by atoms with Gasteiger partial charge in [0, 0.05) is 39.9 Å². The minimum atomic E-state index is -0.0738. The highest BCUT2D eigenvalue weighted by molar-refractivity contribution is 5.93. The van der Waals surface area contributed by atoms with Crippen LogP contribution < -0.4 is 0 Å². The van der Waals surface area contributed by atoms with Crippen LogP contribution in [0.1, 0.15) is 95.8 Å². The van der Waals surface area contributed by atoms with Gasteiger partial charge in [0.15, 0.2) is 5.78 Å². The molecule has 6 nitrogen and oxygen atoms in total. The zero-order valence-electron chi connectivity index (χ0n) is 24.5. The van der Waals surface area contributed by atoms with Gasteiger partial charge in [-0.2, -0.15) is 5.10 Å². The number of hydrogen-bond acceptors (Lipinski definition) is 4. The molecule has 4 aliphatic carbocycles. The summed E-state index contributed by atoms with van der Waals surface area (Å²) in [6.45, 7) is 10.2. The van der Waals surface area contributed by atoms with Gasteiger partial charge in [0.2, 0.25) is 0 Å². The van der Waals surface area contributed by atoms with Crippen LogP contribution in [-0.4, -0.2) is 54.2 Å². The van der Waals surface area contributed by atoms with Crippen molar-refractivity contribution in [2.45, 2.75) is 92.0 Å². The number of nitrogens with zero attached hydrogens (tertiary/aromatic N) is 3. The largest absolute Gasteiger partial charge is 0.384 e.